The van der Waals surface area contributed by atoms with E-state index in [-0.39, 0.29) is 6.04 Å². The highest BCUT2D eigenvalue weighted by Gasteiger charge is 2.40. The highest BCUT2D eigenvalue weighted by Crippen LogP contribution is 2.51. The van der Waals surface area contributed by atoms with E-state index >= 15 is 0 Å². The first-order chi connectivity index (χ1) is 9.19. The van der Waals surface area contributed by atoms with E-state index in [2.05, 4.69) is 18.4 Å². The summed E-state index contributed by atoms with van der Waals surface area (Å²) >= 11 is 6.23. The van der Waals surface area contributed by atoms with Gasteiger partial charge in [-0.3, -0.25) is 11.3 Å². The molecular weight excluding hydrogens is 256 g/mol. The molecule has 19 heavy (non-hydrogen) atoms. The van der Waals surface area contributed by atoms with Crippen molar-refractivity contribution in [2.75, 3.05) is 0 Å². The molecule has 0 saturated heterocycles. The summed E-state index contributed by atoms with van der Waals surface area (Å²) in [5.41, 5.74) is 5.44. The van der Waals surface area contributed by atoms with Crippen LogP contribution in [0.15, 0.2) is 18.2 Å². The molecule has 1 aromatic carbocycles. The maximum atomic E-state index is 6.23. The second kappa shape index (κ2) is 5.43. The van der Waals surface area contributed by atoms with Gasteiger partial charge in [0.2, 0.25) is 0 Å². The van der Waals surface area contributed by atoms with Gasteiger partial charge < -0.3 is 0 Å². The molecule has 2 saturated carbocycles. The summed E-state index contributed by atoms with van der Waals surface area (Å²) in [6.07, 6.45) is 6.90. The van der Waals surface area contributed by atoms with Crippen molar-refractivity contribution in [2.45, 2.75) is 45.1 Å². The number of rotatable bonds is 4. The summed E-state index contributed by atoms with van der Waals surface area (Å²) in [5.74, 6) is 8.59. The van der Waals surface area contributed by atoms with Crippen molar-refractivity contribution in [3.63, 3.8) is 0 Å². The monoisotopic (exact) mass is 278 g/mol. The van der Waals surface area contributed by atoms with E-state index in [9.17, 15) is 0 Å². The normalized spacial score (nSPS) is 30.8. The molecule has 0 radical (unpaired) electrons. The van der Waals surface area contributed by atoms with E-state index in [1.165, 1.54) is 31.2 Å². The van der Waals surface area contributed by atoms with Crippen LogP contribution < -0.4 is 11.3 Å². The van der Waals surface area contributed by atoms with Gasteiger partial charge in [-0.1, -0.05) is 30.2 Å². The molecule has 0 amide bonds. The number of nitrogens with one attached hydrogen (secondary N) is 1. The SMILES string of the molecule is Cc1c(Cl)cccc1C(CC1CC2CCC1C2)NN. The first-order valence-electron chi connectivity index (χ1n) is 7.40. The summed E-state index contributed by atoms with van der Waals surface area (Å²) in [6.45, 7) is 2.09. The Hall–Kier alpha value is -0.570. The lowest BCUT2D eigenvalue weighted by Crippen LogP contribution is -2.31. The Kier molecular flexibility index (Phi) is 3.84. The largest absolute Gasteiger partial charge is 0.271 e. The van der Waals surface area contributed by atoms with Crippen LogP contribution in [0.4, 0.5) is 0 Å². The van der Waals surface area contributed by atoms with Crippen molar-refractivity contribution in [1.82, 2.24) is 5.43 Å². The van der Waals surface area contributed by atoms with Crippen LogP contribution in [-0.4, -0.2) is 0 Å². The third kappa shape index (κ3) is 2.54. The van der Waals surface area contributed by atoms with Gasteiger partial charge in [0.1, 0.15) is 0 Å². The van der Waals surface area contributed by atoms with Gasteiger partial charge >= 0.3 is 0 Å². The minimum absolute atomic E-state index is 0.239. The van der Waals surface area contributed by atoms with E-state index in [1.807, 2.05) is 12.1 Å². The lowest BCUT2D eigenvalue weighted by molar-refractivity contribution is 0.280. The summed E-state index contributed by atoms with van der Waals surface area (Å²) in [4.78, 5) is 0. The highest BCUT2D eigenvalue weighted by atomic mass is 35.5. The zero-order chi connectivity index (χ0) is 13.4. The van der Waals surface area contributed by atoms with Gasteiger partial charge in [0, 0.05) is 11.1 Å². The lowest BCUT2D eigenvalue weighted by atomic mass is 9.82. The zero-order valence-corrected chi connectivity index (χ0v) is 12.3. The van der Waals surface area contributed by atoms with Crippen LogP contribution in [0.2, 0.25) is 5.02 Å². The van der Waals surface area contributed by atoms with Crippen LogP contribution in [0.3, 0.4) is 0 Å². The van der Waals surface area contributed by atoms with E-state index < -0.39 is 0 Å². The number of fused-ring (bicyclic) bond motifs is 2. The van der Waals surface area contributed by atoms with Crippen molar-refractivity contribution in [3.05, 3.63) is 34.3 Å². The lowest BCUT2D eigenvalue weighted by Gasteiger charge is -2.27. The van der Waals surface area contributed by atoms with Crippen LogP contribution >= 0.6 is 11.6 Å². The Bertz CT molecular complexity index is 460. The van der Waals surface area contributed by atoms with Crippen molar-refractivity contribution in [2.24, 2.45) is 23.6 Å². The van der Waals surface area contributed by atoms with Gasteiger partial charge in [-0.2, -0.15) is 0 Å². The van der Waals surface area contributed by atoms with E-state index in [4.69, 9.17) is 17.4 Å². The second-order valence-electron chi connectivity index (χ2n) is 6.34. The van der Waals surface area contributed by atoms with Gasteiger partial charge in [0.15, 0.2) is 0 Å². The Morgan fingerprint density at radius 1 is 1.37 bits per heavy atom. The Morgan fingerprint density at radius 2 is 2.21 bits per heavy atom. The van der Waals surface area contributed by atoms with Crippen LogP contribution in [0.5, 0.6) is 0 Å². The number of nitrogens with two attached hydrogens (primary N) is 1. The third-order valence-corrected chi connectivity index (χ3v) is 5.72. The molecule has 0 aliphatic heterocycles. The average Bonchev–Trinajstić information content (AvgIpc) is 3.02. The molecule has 4 atom stereocenters. The summed E-state index contributed by atoms with van der Waals surface area (Å²) in [6, 6.07) is 6.36. The molecule has 1 aromatic rings. The van der Waals surface area contributed by atoms with Crippen LogP contribution in [0.1, 0.15) is 49.3 Å². The summed E-state index contributed by atoms with van der Waals surface area (Å²) < 4.78 is 0. The minimum Gasteiger partial charge on any atom is -0.271 e. The molecule has 3 rings (SSSR count). The van der Waals surface area contributed by atoms with Gasteiger partial charge in [-0.25, -0.2) is 0 Å². The topological polar surface area (TPSA) is 38.0 Å². The van der Waals surface area contributed by atoms with Crippen molar-refractivity contribution >= 4 is 11.6 Å². The molecule has 0 heterocycles. The first-order valence-corrected chi connectivity index (χ1v) is 7.78. The Morgan fingerprint density at radius 3 is 2.84 bits per heavy atom. The number of hydrogen-bond donors (Lipinski definition) is 2. The molecule has 0 aromatic heterocycles. The van der Waals surface area contributed by atoms with Gasteiger partial charge in [0.05, 0.1) is 0 Å². The number of benzene rings is 1. The minimum atomic E-state index is 0.239. The standard InChI is InChI=1S/C16H23ClN2/c1-10-14(3-2-4-15(10)17)16(19-18)9-13-8-11-5-6-12(13)7-11/h2-4,11-13,16,19H,5-9,18H2,1H3. The average molecular weight is 279 g/mol. The maximum absolute atomic E-state index is 6.23. The molecule has 2 aliphatic rings. The molecule has 2 nitrogen and oxygen atoms in total. The molecule has 3 N–H and O–H groups in total. The maximum Gasteiger partial charge on any atom is 0.0465 e. The molecular formula is C16H23ClN2. The molecule has 4 unspecified atom stereocenters. The molecule has 0 spiro atoms. The van der Waals surface area contributed by atoms with Crippen molar-refractivity contribution in [3.8, 4) is 0 Å². The van der Waals surface area contributed by atoms with Crippen molar-refractivity contribution in [1.29, 1.82) is 0 Å². The first kappa shape index (κ1) is 13.4. The molecule has 3 heteroatoms. The van der Waals surface area contributed by atoms with Crippen LogP contribution in [-0.2, 0) is 0 Å². The van der Waals surface area contributed by atoms with Crippen molar-refractivity contribution < 1.29 is 0 Å². The summed E-state index contributed by atoms with van der Waals surface area (Å²) in [7, 11) is 0. The molecule has 2 aliphatic carbocycles. The molecule has 2 fully saturated rings. The third-order valence-electron chi connectivity index (χ3n) is 5.31. The fourth-order valence-corrected chi connectivity index (χ4v) is 4.44. The number of hydrazine groups is 1. The molecule has 2 bridgehead atoms. The van der Waals surface area contributed by atoms with Gasteiger partial charge in [-0.15, -0.1) is 0 Å². The number of hydrogen-bond acceptors (Lipinski definition) is 2. The van der Waals surface area contributed by atoms with E-state index in [1.54, 1.807) is 0 Å². The zero-order valence-electron chi connectivity index (χ0n) is 11.5. The highest BCUT2D eigenvalue weighted by molar-refractivity contribution is 6.31. The predicted octanol–water partition coefficient (Wildman–Crippen LogP) is 3.98. The smallest absolute Gasteiger partial charge is 0.0465 e. The van der Waals surface area contributed by atoms with E-state index in [0.29, 0.717) is 0 Å². The second-order valence-corrected chi connectivity index (χ2v) is 6.75. The molecule has 104 valence electrons. The Labute approximate surface area is 120 Å². The van der Waals surface area contributed by atoms with Gasteiger partial charge in [-0.05, 0) is 67.6 Å². The quantitative estimate of drug-likeness (QED) is 0.646. The fourth-order valence-electron chi connectivity index (χ4n) is 4.25. The Balaban J connectivity index is 1.75. The summed E-state index contributed by atoms with van der Waals surface area (Å²) in [5, 5.41) is 0.839. The van der Waals surface area contributed by atoms with Crippen LogP contribution in [0, 0.1) is 24.7 Å². The van der Waals surface area contributed by atoms with E-state index in [0.717, 1.165) is 34.8 Å². The predicted molar refractivity (Wildman–Crippen MR) is 79.8 cm³/mol. The fraction of sp³-hybridized carbons (Fsp3) is 0.625. The van der Waals surface area contributed by atoms with Crippen LogP contribution in [0.25, 0.3) is 0 Å². The van der Waals surface area contributed by atoms with Gasteiger partial charge in [0.25, 0.3) is 0 Å². The number of halogens is 1.